The third kappa shape index (κ3) is 6.56. The average Bonchev–Trinajstić information content (AvgIpc) is 2.88. The second-order valence-corrected chi connectivity index (χ2v) is 10.5. The van der Waals surface area contributed by atoms with E-state index in [0.29, 0.717) is 36.2 Å². The first-order valence-electron chi connectivity index (χ1n) is 13.3. The summed E-state index contributed by atoms with van der Waals surface area (Å²) < 4.78 is 11.8. The Morgan fingerprint density at radius 3 is 2.31 bits per heavy atom. The van der Waals surface area contributed by atoms with Gasteiger partial charge in [0.05, 0.1) is 25.0 Å². The van der Waals surface area contributed by atoms with Gasteiger partial charge in [0.1, 0.15) is 5.75 Å². The molecule has 0 bridgehead atoms. The molecule has 9 nitrogen and oxygen atoms in total. The summed E-state index contributed by atoms with van der Waals surface area (Å²) >= 11 is 0. The lowest BCUT2D eigenvalue weighted by molar-refractivity contribution is -0.120. The van der Waals surface area contributed by atoms with E-state index < -0.39 is 6.03 Å². The topological polar surface area (TPSA) is 91.4 Å². The van der Waals surface area contributed by atoms with Gasteiger partial charge >= 0.3 is 6.03 Å². The van der Waals surface area contributed by atoms with E-state index in [-0.39, 0.29) is 30.9 Å². The van der Waals surface area contributed by atoms with Crippen LogP contribution in [0.3, 0.4) is 0 Å². The molecule has 0 unspecified atom stereocenters. The summed E-state index contributed by atoms with van der Waals surface area (Å²) in [6.45, 7) is 9.49. The molecule has 0 aromatic heterocycles. The van der Waals surface area contributed by atoms with Gasteiger partial charge in [0.15, 0.2) is 0 Å². The van der Waals surface area contributed by atoms with Crippen LogP contribution in [0.5, 0.6) is 5.75 Å². The second kappa shape index (κ2) is 12.1. The number of amides is 4. The first-order valence-corrected chi connectivity index (χ1v) is 13.3. The zero-order chi connectivity index (χ0) is 25.7. The highest BCUT2D eigenvalue weighted by atomic mass is 16.5. The van der Waals surface area contributed by atoms with E-state index in [9.17, 15) is 14.4 Å². The van der Waals surface area contributed by atoms with E-state index in [0.717, 1.165) is 44.7 Å². The molecule has 1 N–H and O–H groups in total. The van der Waals surface area contributed by atoms with E-state index in [4.69, 9.17) is 9.47 Å². The number of benzene rings is 1. The van der Waals surface area contributed by atoms with Crippen LogP contribution in [0.25, 0.3) is 0 Å². The van der Waals surface area contributed by atoms with E-state index >= 15 is 0 Å². The number of rotatable bonds is 8. The number of hydrogen-bond acceptors (Lipinski definition) is 6. The van der Waals surface area contributed by atoms with Crippen LogP contribution in [0, 0.1) is 5.92 Å². The van der Waals surface area contributed by atoms with E-state index in [1.54, 1.807) is 18.2 Å². The zero-order valence-electron chi connectivity index (χ0n) is 21.8. The SMILES string of the molecule is COc1ccc(C(=O)N2CCC(OC3CCN(CCC(C)C)CC3)CC2)cc1N1CCC(=O)NC1=O. The number of nitrogens with one attached hydrogen (secondary N) is 1. The smallest absolute Gasteiger partial charge is 0.328 e. The lowest BCUT2D eigenvalue weighted by Crippen LogP contribution is -2.49. The molecule has 0 saturated carbocycles. The monoisotopic (exact) mass is 500 g/mol. The highest BCUT2D eigenvalue weighted by Gasteiger charge is 2.30. The molecule has 3 fully saturated rings. The van der Waals surface area contributed by atoms with Crippen molar-refractivity contribution in [1.29, 1.82) is 0 Å². The van der Waals surface area contributed by atoms with Crippen LogP contribution in [0.2, 0.25) is 0 Å². The number of imide groups is 1. The summed E-state index contributed by atoms with van der Waals surface area (Å²) in [6, 6.07) is 4.62. The summed E-state index contributed by atoms with van der Waals surface area (Å²) in [6.07, 6.45) is 5.80. The largest absolute Gasteiger partial charge is 0.495 e. The van der Waals surface area contributed by atoms with Gasteiger partial charge < -0.3 is 19.3 Å². The lowest BCUT2D eigenvalue weighted by Gasteiger charge is -2.37. The third-order valence-corrected chi connectivity index (χ3v) is 7.44. The fraction of sp³-hybridized carbons (Fsp3) is 0.667. The van der Waals surface area contributed by atoms with Gasteiger partial charge in [-0.3, -0.25) is 19.8 Å². The first-order chi connectivity index (χ1) is 17.3. The van der Waals surface area contributed by atoms with Crippen LogP contribution in [0.4, 0.5) is 10.5 Å². The standard InChI is InChI=1S/C27H40N4O5/c1-19(2)6-12-29-13-7-21(8-14-29)36-22-9-15-30(16-10-22)26(33)20-4-5-24(35-3)23(18-20)31-17-11-25(32)28-27(31)34/h4-5,18-19,21-22H,6-17H2,1-3H3,(H,28,32,34). The zero-order valence-corrected chi connectivity index (χ0v) is 21.8. The normalized spacial score (nSPS) is 20.7. The van der Waals surface area contributed by atoms with Crippen molar-refractivity contribution in [1.82, 2.24) is 15.1 Å². The Labute approximate surface area is 214 Å². The van der Waals surface area contributed by atoms with Gasteiger partial charge in [0.25, 0.3) is 5.91 Å². The van der Waals surface area contributed by atoms with Gasteiger partial charge in [-0.05, 0) is 62.8 Å². The molecule has 36 heavy (non-hydrogen) atoms. The number of anilines is 1. The van der Waals surface area contributed by atoms with Crippen LogP contribution < -0.4 is 15.0 Å². The van der Waals surface area contributed by atoms with E-state index in [1.165, 1.54) is 25.0 Å². The van der Waals surface area contributed by atoms with Crippen molar-refractivity contribution in [2.75, 3.05) is 51.3 Å². The summed E-state index contributed by atoms with van der Waals surface area (Å²) in [5.74, 6) is 0.859. The Balaban J connectivity index is 1.29. The van der Waals surface area contributed by atoms with Crippen molar-refractivity contribution >= 4 is 23.5 Å². The predicted molar refractivity (Wildman–Crippen MR) is 137 cm³/mol. The summed E-state index contributed by atoms with van der Waals surface area (Å²) in [4.78, 5) is 43.0. The van der Waals surface area contributed by atoms with Gasteiger partial charge in [0, 0.05) is 44.7 Å². The Morgan fingerprint density at radius 2 is 1.69 bits per heavy atom. The van der Waals surface area contributed by atoms with Crippen molar-refractivity contribution in [3.63, 3.8) is 0 Å². The number of piperidine rings is 2. The molecule has 9 heteroatoms. The lowest BCUT2D eigenvalue weighted by atomic mass is 10.0. The quantitative estimate of drug-likeness (QED) is 0.589. The average molecular weight is 501 g/mol. The van der Waals surface area contributed by atoms with Gasteiger partial charge in [-0.2, -0.15) is 0 Å². The van der Waals surface area contributed by atoms with Crippen molar-refractivity contribution in [2.45, 2.75) is 64.6 Å². The molecule has 4 amide bonds. The highest BCUT2D eigenvalue weighted by Crippen LogP contribution is 2.31. The molecule has 3 aliphatic heterocycles. The van der Waals surface area contributed by atoms with E-state index in [1.807, 2.05) is 4.90 Å². The Bertz CT molecular complexity index is 936. The summed E-state index contributed by atoms with van der Waals surface area (Å²) in [5, 5.41) is 2.32. The van der Waals surface area contributed by atoms with Gasteiger partial charge in [0.2, 0.25) is 5.91 Å². The van der Waals surface area contributed by atoms with Crippen LogP contribution in [-0.4, -0.2) is 86.2 Å². The predicted octanol–water partition coefficient (Wildman–Crippen LogP) is 3.27. The second-order valence-electron chi connectivity index (χ2n) is 10.5. The van der Waals surface area contributed by atoms with Crippen LogP contribution in [0.15, 0.2) is 18.2 Å². The molecule has 1 aromatic rings. The molecule has 0 spiro atoms. The molecule has 198 valence electrons. The maximum atomic E-state index is 13.3. The van der Waals surface area contributed by atoms with Crippen molar-refractivity contribution in [2.24, 2.45) is 5.92 Å². The number of methoxy groups -OCH3 is 1. The number of ether oxygens (including phenoxy) is 2. The first kappa shape index (κ1) is 26.4. The van der Waals surface area contributed by atoms with Crippen LogP contribution in [0.1, 0.15) is 62.7 Å². The maximum Gasteiger partial charge on any atom is 0.328 e. The minimum absolute atomic E-state index is 0.0655. The van der Waals surface area contributed by atoms with Crippen LogP contribution >= 0.6 is 0 Å². The number of carbonyl (C=O) groups excluding carboxylic acids is 3. The number of likely N-dealkylation sites (tertiary alicyclic amines) is 2. The molecule has 3 saturated heterocycles. The number of urea groups is 1. The minimum Gasteiger partial charge on any atom is -0.495 e. The third-order valence-electron chi connectivity index (χ3n) is 7.44. The molecular weight excluding hydrogens is 460 g/mol. The van der Waals surface area contributed by atoms with Crippen molar-refractivity contribution in [3.8, 4) is 5.75 Å². The molecule has 1 aromatic carbocycles. The summed E-state index contributed by atoms with van der Waals surface area (Å²) in [5.41, 5.74) is 0.995. The number of nitrogens with zero attached hydrogens (tertiary/aromatic N) is 3. The molecule has 4 rings (SSSR count). The minimum atomic E-state index is -0.502. The molecular formula is C27H40N4O5. The number of carbonyl (C=O) groups is 3. The van der Waals surface area contributed by atoms with Crippen LogP contribution in [-0.2, 0) is 9.53 Å². The molecule has 3 aliphatic rings. The summed E-state index contributed by atoms with van der Waals surface area (Å²) in [7, 11) is 1.52. The van der Waals surface area contributed by atoms with Gasteiger partial charge in [-0.1, -0.05) is 13.8 Å². The highest BCUT2D eigenvalue weighted by molar-refractivity contribution is 6.07. The Kier molecular flexibility index (Phi) is 8.85. The Hall–Kier alpha value is -2.65. The molecule has 0 aliphatic carbocycles. The maximum absolute atomic E-state index is 13.3. The van der Waals surface area contributed by atoms with Gasteiger partial charge in [-0.25, -0.2) is 4.79 Å². The van der Waals surface area contributed by atoms with Crippen molar-refractivity contribution < 1.29 is 23.9 Å². The fourth-order valence-corrected chi connectivity index (χ4v) is 5.19. The molecule has 0 atom stereocenters. The molecule has 3 heterocycles. The number of hydrogen-bond donors (Lipinski definition) is 1. The van der Waals surface area contributed by atoms with E-state index in [2.05, 4.69) is 24.1 Å². The van der Waals surface area contributed by atoms with Gasteiger partial charge in [-0.15, -0.1) is 0 Å². The Morgan fingerprint density at radius 1 is 1.03 bits per heavy atom. The van der Waals surface area contributed by atoms with Crippen molar-refractivity contribution in [3.05, 3.63) is 23.8 Å². The fourth-order valence-electron chi connectivity index (χ4n) is 5.19. The molecule has 0 radical (unpaired) electrons.